The van der Waals surface area contributed by atoms with Crippen molar-refractivity contribution in [2.24, 2.45) is 0 Å². The van der Waals surface area contributed by atoms with E-state index in [4.69, 9.17) is 21.5 Å². The van der Waals surface area contributed by atoms with E-state index in [-0.39, 0.29) is 17.3 Å². The van der Waals surface area contributed by atoms with Gasteiger partial charge in [0.05, 0.1) is 24.6 Å². The molecule has 26 heavy (non-hydrogen) atoms. The number of rotatable bonds is 10. The summed E-state index contributed by atoms with van der Waals surface area (Å²) >= 11 is 5.57. The molecule has 0 aliphatic rings. The fourth-order valence-electron chi connectivity index (χ4n) is 1.99. The fraction of sp³-hybridized carbons (Fsp3) is 0.357. The Bertz CT molecular complexity index is 798. The SMILES string of the molecule is O=C(CN(Cc1nc[nH]n1)S(=O)(=O)c1ccc(OCCCCl)cc1)NO. The molecule has 10 nitrogen and oxygen atoms in total. The molecule has 0 atom stereocenters. The van der Waals surface area contributed by atoms with Crippen LogP contribution in [0.15, 0.2) is 35.5 Å². The number of hydroxylamine groups is 1. The summed E-state index contributed by atoms with van der Waals surface area (Å²) in [5.41, 5.74) is 1.41. The Morgan fingerprint density at radius 2 is 2.08 bits per heavy atom. The molecule has 1 amide bonds. The molecule has 0 radical (unpaired) electrons. The molecule has 0 fully saturated rings. The van der Waals surface area contributed by atoms with Gasteiger partial charge in [0, 0.05) is 5.88 Å². The molecule has 0 unspecified atom stereocenters. The maximum absolute atomic E-state index is 12.8. The van der Waals surface area contributed by atoms with E-state index in [1.165, 1.54) is 36.1 Å². The van der Waals surface area contributed by atoms with Crippen molar-refractivity contribution in [3.8, 4) is 5.75 Å². The van der Waals surface area contributed by atoms with Gasteiger partial charge in [-0.05, 0) is 30.7 Å². The van der Waals surface area contributed by atoms with Crippen molar-refractivity contribution < 1.29 is 23.2 Å². The first-order chi connectivity index (χ1) is 12.5. The number of benzene rings is 1. The van der Waals surface area contributed by atoms with Gasteiger partial charge in [0.1, 0.15) is 12.1 Å². The maximum atomic E-state index is 12.8. The zero-order valence-electron chi connectivity index (χ0n) is 13.6. The summed E-state index contributed by atoms with van der Waals surface area (Å²) in [7, 11) is -4.03. The Morgan fingerprint density at radius 1 is 1.35 bits per heavy atom. The van der Waals surface area contributed by atoms with Gasteiger partial charge < -0.3 is 4.74 Å². The first-order valence-electron chi connectivity index (χ1n) is 7.54. The third kappa shape index (κ3) is 5.39. The van der Waals surface area contributed by atoms with Gasteiger partial charge in [0.25, 0.3) is 5.91 Å². The van der Waals surface area contributed by atoms with Gasteiger partial charge in [-0.2, -0.15) is 9.40 Å². The molecule has 2 aromatic rings. The summed E-state index contributed by atoms with van der Waals surface area (Å²) in [4.78, 5) is 15.3. The summed E-state index contributed by atoms with van der Waals surface area (Å²) in [6.45, 7) is -0.419. The van der Waals surface area contributed by atoms with E-state index in [9.17, 15) is 13.2 Å². The standard InChI is InChI=1S/C14H18ClN5O5S/c15-6-1-7-25-11-2-4-12(5-3-11)26(23,24)20(9-14(21)19-22)8-13-16-10-17-18-13/h2-5,10,22H,1,6-9H2,(H,19,21)(H,16,17,18). The zero-order valence-corrected chi connectivity index (χ0v) is 15.2. The van der Waals surface area contributed by atoms with Gasteiger partial charge in [0.15, 0.2) is 5.82 Å². The van der Waals surface area contributed by atoms with Crippen LogP contribution in [0.4, 0.5) is 0 Å². The quantitative estimate of drug-likeness (QED) is 0.227. The third-order valence-corrected chi connectivity index (χ3v) is 5.31. The highest BCUT2D eigenvalue weighted by Crippen LogP contribution is 2.21. The number of hydrogen-bond donors (Lipinski definition) is 3. The lowest BCUT2D eigenvalue weighted by Crippen LogP contribution is -2.39. The number of carbonyl (C=O) groups excluding carboxylic acids is 1. The third-order valence-electron chi connectivity index (χ3n) is 3.24. The molecule has 142 valence electrons. The normalized spacial score (nSPS) is 11.5. The van der Waals surface area contributed by atoms with Crippen molar-refractivity contribution in [1.82, 2.24) is 25.0 Å². The summed E-state index contributed by atoms with van der Waals surface area (Å²) < 4.78 is 31.9. The Labute approximate surface area is 155 Å². The Balaban J connectivity index is 2.20. The molecule has 3 N–H and O–H groups in total. The van der Waals surface area contributed by atoms with Crippen molar-refractivity contribution in [2.75, 3.05) is 19.0 Å². The lowest BCUT2D eigenvalue weighted by Gasteiger charge is -2.20. The lowest BCUT2D eigenvalue weighted by molar-refractivity contribution is -0.129. The highest BCUT2D eigenvalue weighted by Gasteiger charge is 2.28. The minimum absolute atomic E-state index is 0.0385. The molecule has 0 spiro atoms. The minimum atomic E-state index is -4.03. The van der Waals surface area contributed by atoms with Crippen LogP contribution in [-0.2, 0) is 21.4 Å². The number of H-pyrrole nitrogens is 1. The number of carbonyl (C=O) groups is 1. The number of aromatic amines is 1. The first-order valence-corrected chi connectivity index (χ1v) is 9.51. The van der Waals surface area contributed by atoms with E-state index in [0.717, 1.165) is 4.31 Å². The van der Waals surface area contributed by atoms with E-state index in [1.54, 1.807) is 0 Å². The van der Waals surface area contributed by atoms with Crippen molar-refractivity contribution in [3.63, 3.8) is 0 Å². The summed E-state index contributed by atoms with van der Waals surface area (Å²) in [5, 5.41) is 15.0. The highest BCUT2D eigenvalue weighted by atomic mass is 35.5. The van der Waals surface area contributed by atoms with Gasteiger partial charge in [0.2, 0.25) is 10.0 Å². The second-order valence-electron chi connectivity index (χ2n) is 5.09. The molecular formula is C14H18ClN5O5S. The van der Waals surface area contributed by atoms with Gasteiger partial charge in [-0.15, -0.1) is 11.6 Å². The molecule has 0 saturated carbocycles. The van der Waals surface area contributed by atoms with Crippen LogP contribution in [0.3, 0.4) is 0 Å². The molecule has 1 aromatic heterocycles. The molecule has 1 heterocycles. The van der Waals surface area contributed by atoms with E-state index in [2.05, 4.69) is 15.2 Å². The average molecular weight is 404 g/mol. The zero-order chi connectivity index (χ0) is 19.0. The van der Waals surface area contributed by atoms with Crippen LogP contribution in [0, 0.1) is 0 Å². The number of sulfonamides is 1. The molecular weight excluding hydrogens is 386 g/mol. The van der Waals surface area contributed by atoms with Crippen LogP contribution in [0.5, 0.6) is 5.75 Å². The lowest BCUT2D eigenvalue weighted by atomic mass is 10.3. The van der Waals surface area contributed by atoms with Gasteiger partial charge in [-0.25, -0.2) is 18.9 Å². The monoisotopic (exact) mass is 403 g/mol. The predicted octanol–water partition coefficient (Wildman–Crippen LogP) is 0.509. The molecule has 0 bridgehead atoms. The van der Waals surface area contributed by atoms with Crippen LogP contribution >= 0.6 is 11.6 Å². The Morgan fingerprint density at radius 3 is 2.65 bits per heavy atom. The Kier molecular flexibility index (Phi) is 7.33. The first kappa shape index (κ1) is 20.1. The Hall–Kier alpha value is -2.21. The smallest absolute Gasteiger partial charge is 0.258 e. The topological polar surface area (TPSA) is 138 Å². The second kappa shape index (κ2) is 9.48. The summed E-state index contributed by atoms with van der Waals surface area (Å²) in [6.07, 6.45) is 1.96. The van der Waals surface area contributed by atoms with Crippen molar-refractivity contribution in [3.05, 3.63) is 36.4 Å². The largest absolute Gasteiger partial charge is 0.494 e. The number of hydrogen-bond acceptors (Lipinski definition) is 7. The maximum Gasteiger partial charge on any atom is 0.258 e. The molecule has 0 aliphatic heterocycles. The van der Waals surface area contributed by atoms with E-state index >= 15 is 0 Å². The number of alkyl halides is 1. The summed E-state index contributed by atoms with van der Waals surface area (Å²) in [6, 6.07) is 5.76. The molecule has 1 aromatic carbocycles. The number of nitrogens with one attached hydrogen (secondary N) is 2. The van der Waals surface area contributed by atoms with Crippen LogP contribution in [-0.4, -0.2) is 58.1 Å². The van der Waals surface area contributed by atoms with Gasteiger partial charge in [-0.3, -0.25) is 15.1 Å². The number of ether oxygens (including phenoxy) is 1. The highest BCUT2D eigenvalue weighted by molar-refractivity contribution is 7.89. The van der Waals surface area contributed by atoms with E-state index in [1.807, 2.05) is 0 Å². The van der Waals surface area contributed by atoms with Crippen LogP contribution in [0.2, 0.25) is 0 Å². The average Bonchev–Trinajstić information content (AvgIpc) is 3.15. The fourth-order valence-corrected chi connectivity index (χ4v) is 3.45. The second-order valence-corrected chi connectivity index (χ2v) is 7.40. The van der Waals surface area contributed by atoms with Crippen LogP contribution in [0.25, 0.3) is 0 Å². The van der Waals surface area contributed by atoms with Crippen molar-refractivity contribution in [2.45, 2.75) is 17.9 Å². The number of halogens is 1. The van der Waals surface area contributed by atoms with Crippen LogP contribution in [0.1, 0.15) is 12.2 Å². The van der Waals surface area contributed by atoms with Gasteiger partial charge in [-0.1, -0.05) is 0 Å². The minimum Gasteiger partial charge on any atom is -0.494 e. The van der Waals surface area contributed by atoms with E-state index < -0.39 is 22.5 Å². The van der Waals surface area contributed by atoms with E-state index in [0.29, 0.717) is 24.7 Å². The molecule has 12 heteroatoms. The van der Waals surface area contributed by atoms with Crippen molar-refractivity contribution in [1.29, 1.82) is 0 Å². The van der Waals surface area contributed by atoms with Gasteiger partial charge >= 0.3 is 0 Å². The molecule has 0 saturated heterocycles. The number of amides is 1. The van der Waals surface area contributed by atoms with Crippen molar-refractivity contribution >= 4 is 27.5 Å². The molecule has 0 aliphatic carbocycles. The molecule has 2 rings (SSSR count). The number of nitrogens with zero attached hydrogens (tertiary/aromatic N) is 3. The van der Waals surface area contributed by atoms with Crippen LogP contribution < -0.4 is 10.2 Å². The number of aromatic nitrogens is 3. The predicted molar refractivity (Wildman–Crippen MR) is 91.2 cm³/mol. The summed E-state index contributed by atoms with van der Waals surface area (Å²) in [5.74, 6) is 0.267.